The summed E-state index contributed by atoms with van der Waals surface area (Å²) in [6.07, 6.45) is 6.55. The van der Waals surface area contributed by atoms with E-state index >= 15 is 0 Å². The molecule has 1 rings (SSSR count). The molecule has 2 unspecified atom stereocenters. The molecule has 0 radical (unpaired) electrons. The van der Waals surface area contributed by atoms with Gasteiger partial charge in [-0.2, -0.15) is 0 Å². The number of likely N-dealkylation sites (N-methyl/N-ethyl adjacent to an activating group) is 1. The smallest absolute Gasteiger partial charge is 0.0556 e. The largest absolute Gasteiger partial charge is 0.395 e. The molecule has 0 amide bonds. The Labute approximate surface area is 73.9 Å². The maximum absolute atomic E-state index is 8.65. The van der Waals surface area contributed by atoms with Gasteiger partial charge in [-0.3, -0.25) is 0 Å². The van der Waals surface area contributed by atoms with E-state index in [-0.39, 0.29) is 6.61 Å². The Morgan fingerprint density at radius 2 is 2.00 bits per heavy atom. The zero-order chi connectivity index (χ0) is 8.81. The number of aliphatic hydroxyl groups is 1. The molecule has 0 aromatic carbocycles. The quantitative estimate of drug-likeness (QED) is 0.515. The van der Waals surface area contributed by atoms with E-state index in [0.29, 0.717) is 18.6 Å². The van der Waals surface area contributed by atoms with Crippen LogP contribution >= 0.6 is 0 Å². The van der Waals surface area contributed by atoms with Crippen molar-refractivity contribution in [1.29, 1.82) is 0 Å². The Morgan fingerprint density at radius 1 is 1.33 bits per heavy atom. The lowest BCUT2D eigenvalue weighted by Crippen LogP contribution is -2.48. The molecular formula is C9H18N2O. The van der Waals surface area contributed by atoms with Crippen molar-refractivity contribution in [3.8, 4) is 0 Å². The highest BCUT2D eigenvalue weighted by atomic mass is 16.3. The molecule has 2 atom stereocenters. The van der Waals surface area contributed by atoms with Crippen LogP contribution in [0.1, 0.15) is 12.8 Å². The zero-order valence-corrected chi connectivity index (χ0v) is 7.59. The van der Waals surface area contributed by atoms with E-state index < -0.39 is 0 Å². The summed E-state index contributed by atoms with van der Waals surface area (Å²) in [7, 11) is 1.98. The van der Waals surface area contributed by atoms with Gasteiger partial charge in [0.2, 0.25) is 0 Å². The van der Waals surface area contributed by atoms with Gasteiger partial charge in [0.05, 0.1) is 6.61 Å². The molecule has 3 nitrogen and oxygen atoms in total. The Kier molecular flexibility index (Phi) is 4.29. The third-order valence-corrected chi connectivity index (χ3v) is 2.32. The standard InChI is InChI=1S/C9H18N2O/c1-10-8-4-2-3-5-9(8)11-6-7-12/h2-3,8-12H,4-7H2,1H3. The number of nitrogens with one attached hydrogen (secondary N) is 2. The number of rotatable bonds is 4. The van der Waals surface area contributed by atoms with Crippen molar-refractivity contribution < 1.29 is 5.11 Å². The van der Waals surface area contributed by atoms with Crippen molar-refractivity contribution >= 4 is 0 Å². The summed E-state index contributed by atoms with van der Waals surface area (Å²) in [5, 5.41) is 15.2. The maximum atomic E-state index is 8.65. The molecular weight excluding hydrogens is 152 g/mol. The molecule has 0 aliphatic heterocycles. The van der Waals surface area contributed by atoms with Gasteiger partial charge in [0.1, 0.15) is 0 Å². The van der Waals surface area contributed by atoms with E-state index in [9.17, 15) is 0 Å². The van der Waals surface area contributed by atoms with E-state index in [2.05, 4.69) is 22.8 Å². The molecule has 1 aliphatic carbocycles. The van der Waals surface area contributed by atoms with Crippen molar-refractivity contribution in [3.05, 3.63) is 12.2 Å². The molecule has 0 spiro atoms. The van der Waals surface area contributed by atoms with Crippen molar-refractivity contribution in [1.82, 2.24) is 10.6 Å². The average molecular weight is 170 g/mol. The van der Waals surface area contributed by atoms with Gasteiger partial charge in [-0.25, -0.2) is 0 Å². The molecule has 0 aromatic heterocycles. The molecule has 12 heavy (non-hydrogen) atoms. The van der Waals surface area contributed by atoms with Crippen LogP contribution in [0.25, 0.3) is 0 Å². The Morgan fingerprint density at radius 3 is 2.58 bits per heavy atom. The molecule has 0 saturated heterocycles. The Hall–Kier alpha value is -0.380. The molecule has 0 aromatic rings. The van der Waals surface area contributed by atoms with Gasteiger partial charge >= 0.3 is 0 Å². The normalized spacial score (nSPS) is 29.2. The van der Waals surface area contributed by atoms with Gasteiger partial charge in [0.15, 0.2) is 0 Å². The van der Waals surface area contributed by atoms with Crippen molar-refractivity contribution in [2.45, 2.75) is 24.9 Å². The van der Waals surface area contributed by atoms with Gasteiger partial charge < -0.3 is 15.7 Å². The van der Waals surface area contributed by atoms with Crippen LogP contribution in [0.2, 0.25) is 0 Å². The molecule has 70 valence electrons. The van der Waals surface area contributed by atoms with Crippen LogP contribution in [0.4, 0.5) is 0 Å². The predicted molar refractivity (Wildman–Crippen MR) is 50.1 cm³/mol. The fraction of sp³-hybridized carbons (Fsp3) is 0.778. The summed E-state index contributed by atoms with van der Waals surface area (Å²) < 4.78 is 0. The second-order valence-corrected chi connectivity index (χ2v) is 3.12. The highest BCUT2D eigenvalue weighted by Gasteiger charge is 2.19. The summed E-state index contributed by atoms with van der Waals surface area (Å²) >= 11 is 0. The molecule has 1 aliphatic rings. The SMILES string of the molecule is CNC1CC=CCC1NCCO. The van der Waals surface area contributed by atoms with Crippen molar-refractivity contribution in [2.75, 3.05) is 20.2 Å². The van der Waals surface area contributed by atoms with Crippen molar-refractivity contribution in [3.63, 3.8) is 0 Å². The second-order valence-electron chi connectivity index (χ2n) is 3.12. The first-order valence-electron chi connectivity index (χ1n) is 4.55. The lowest BCUT2D eigenvalue weighted by Gasteiger charge is -2.28. The molecule has 0 fully saturated rings. The lowest BCUT2D eigenvalue weighted by molar-refractivity contribution is 0.272. The lowest BCUT2D eigenvalue weighted by atomic mass is 9.96. The van der Waals surface area contributed by atoms with Gasteiger partial charge in [-0.1, -0.05) is 12.2 Å². The minimum atomic E-state index is 0.219. The maximum Gasteiger partial charge on any atom is 0.0556 e. The molecule has 0 bridgehead atoms. The van der Waals surface area contributed by atoms with Crippen LogP contribution in [0.3, 0.4) is 0 Å². The Bertz CT molecular complexity index is 147. The highest BCUT2D eigenvalue weighted by molar-refractivity contribution is 5.00. The summed E-state index contributed by atoms with van der Waals surface area (Å²) in [5.41, 5.74) is 0. The first kappa shape index (κ1) is 9.71. The first-order chi connectivity index (χ1) is 5.88. The first-order valence-corrected chi connectivity index (χ1v) is 4.55. The molecule has 0 saturated carbocycles. The van der Waals surface area contributed by atoms with Crippen molar-refractivity contribution in [2.24, 2.45) is 0 Å². The molecule has 3 N–H and O–H groups in total. The second kappa shape index (κ2) is 5.30. The number of hydrogen-bond donors (Lipinski definition) is 3. The third-order valence-electron chi connectivity index (χ3n) is 2.32. The van der Waals surface area contributed by atoms with Crippen LogP contribution in [0.15, 0.2) is 12.2 Å². The minimum absolute atomic E-state index is 0.219. The van der Waals surface area contributed by atoms with E-state index in [1.807, 2.05) is 7.05 Å². The zero-order valence-electron chi connectivity index (χ0n) is 7.59. The summed E-state index contributed by atoms with van der Waals surface area (Å²) in [5.74, 6) is 0. The monoisotopic (exact) mass is 170 g/mol. The average Bonchev–Trinajstić information content (AvgIpc) is 2.15. The van der Waals surface area contributed by atoms with Crippen LogP contribution in [-0.2, 0) is 0 Å². The van der Waals surface area contributed by atoms with Gasteiger partial charge in [-0.05, 0) is 19.9 Å². The summed E-state index contributed by atoms with van der Waals surface area (Å²) in [4.78, 5) is 0. The van der Waals surface area contributed by atoms with E-state index in [1.165, 1.54) is 0 Å². The topological polar surface area (TPSA) is 44.3 Å². The predicted octanol–water partition coefficient (Wildman–Crippen LogP) is -0.125. The minimum Gasteiger partial charge on any atom is -0.395 e. The summed E-state index contributed by atoms with van der Waals surface area (Å²) in [6, 6.07) is 0.994. The van der Waals surface area contributed by atoms with E-state index in [1.54, 1.807) is 0 Å². The summed E-state index contributed by atoms with van der Waals surface area (Å²) in [6.45, 7) is 0.910. The van der Waals surface area contributed by atoms with Gasteiger partial charge in [-0.15, -0.1) is 0 Å². The number of aliphatic hydroxyl groups excluding tert-OH is 1. The number of hydrogen-bond acceptors (Lipinski definition) is 3. The van der Waals surface area contributed by atoms with Gasteiger partial charge in [0.25, 0.3) is 0 Å². The van der Waals surface area contributed by atoms with E-state index in [4.69, 9.17) is 5.11 Å². The Balaban J connectivity index is 2.33. The van der Waals surface area contributed by atoms with Crippen LogP contribution in [-0.4, -0.2) is 37.4 Å². The fourth-order valence-corrected chi connectivity index (χ4v) is 1.61. The fourth-order valence-electron chi connectivity index (χ4n) is 1.61. The highest BCUT2D eigenvalue weighted by Crippen LogP contribution is 2.11. The van der Waals surface area contributed by atoms with Gasteiger partial charge in [0, 0.05) is 18.6 Å². The van der Waals surface area contributed by atoms with Crippen LogP contribution < -0.4 is 10.6 Å². The van der Waals surface area contributed by atoms with Crippen LogP contribution in [0.5, 0.6) is 0 Å². The molecule has 3 heteroatoms. The molecule has 0 heterocycles. The van der Waals surface area contributed by atoms with E-state index in [0.717, 1.165) is 12.8 Å². The van der Waals surface area contributed by atoms with Crippen LogP contribution in [0, 0.1) is 0 Å². The third kappa shape index (κ3) is 2.59.